The highest BCUT2D eigenvalue weighted by atomic mass is 16.2. The zero-order chi connectivity index (χ0) is 17.9. The second kappa shape index (κ2) is 5.95. The third kappa shape index (κ3) is 2.69. The number of carbonyl (C=O) groups excluding carboxylic acids is 2. The Kier molecular flexibility index (Phi) is 3.90. The zero-order valence-corrected chi connectivity index (χ0v) is 16.1. The van der Waals surface area contributed by atoms with Crippen LogP contribution in [0, 0.1) is 23.2 Å². The summed E-state index contributed by atoms with van der Waals surface area (Å²) in [6.07, 6.45) is 13.4. The molecule has 3 amide bonds. The third-order valence-electron chi connectivity index (χ3n) is 8.11. The maximum Gasteiger partial charge on any atom is 0.326 e. The lowest BCUT2D eigenvalue weighted by Crippen LogP contribution is -2.52. The van der Waals surface area contributed by atoms with Gasteiger partial charge >= 0.3 is 6.03 Å². The van der Waals surface area contributed by atoms with E-state index in [1.54, 1.807) is 0 Å². The second-order valence-electron chi connectivity index (χ2n) is 10.4. The van der Waals surface area contributed by atoms with Crippen LogP contribution >= 0.6 is 0 Å². The van der Waals surface area contributed by atoms with E-state index in [4.69, 9.17) is 0 Å². The van der Waals surface area contributed by atoms with Crippen molar-refractivity contribution in [2.75, 3.05) is 20.3 Å². The Morgan fingerprint density at radius 1 is 1.00 bits per heavy atom. The molecule has 6 aliphatic rings. The van der Waals surface area contributed by atoms with Crippen LogP contribution < -0.4 is 5.32 Å². The van der Waals surface area contributed by atoms with E-state index >= 15 is 0 Å². The second-order valence-corrected chi connectivity index (χ2v) is 10.4. The lowest BCUT2D eigenvalue weighted by molar-refractivity contribution is -0.134. The molecule has 26 heavy (non-hydrogen) atoms. The standard InChI is InChI=1S/C21H33N3O2/c1-23(13-20-10-15-7-16(11-20)9-17(8-15)12-20)14-24-18(25)21(22-19(24)26)5-3-2-4-6-21/h15-17H,2-14H2,1H3,(H,22,26). The summed E-state index contributed by atoms with van der Waals surface area (Å²) in [4.78, 5) is 29.3. The molecule has 0 radical (unpaired) electrons. The number of imide groups is 1. The molecular formula is C21H33N3O2. The molecule has 4 bridgehead atoms. The topological polar surface area (TPSA) is 52.6 Å². The average molecular weight is 360 g/mol. The average Bonchev–Trinajstić information content (AvgIpc) is 2.78. The molecule has 0 atom stereocenters. The molecule has 5 nitrogen and oxygen atoms in total. The summed E-state index contributed by atoms with van der Waals surface area (Å²) in [6, 6.07) is -0.172. The molecule has 144 valence electrons. The number of nitrogens with zero attached hydrogens (tertiary/aromatic N) is 2. The molecule has 5 aliphatic carbocycles. The van der Waals surface area contributed by atoms with E-state index in [-0.39, 0.29) is 11.9 Å². The molecule has 5 saturated carbocycles. The summed E-state index contributed by atoms with van der Waals surface area (Å²) < 4.78 is 0. The van der Waals surface area contributed by atoms with Crippen LogP contribution in [0.3, 0.4) is 0 Å². The normalized spacial score (nSPS) is 40.7. The van der Waals surface area contributed by atoms with Crippen LogP contribution in [0.4, 0.5) is 4.79 Å². The van der Waals surface area contributed by atoms with Crippen molar-refractivity contribution < 1.29 is 9.59 Å². The van der Waals surface area contributed by atoms with Gasteiger partial charge in [-0.3, -0.25) is 9.69 Å². The molecule has 0 aromatic heterocycles. The molecule has 0 aromatic rings. The van der Waals surface area contributed by atoms with Gasteiger partial charge in [0, 0.05) is 6.54 Å². The maximum atomic E-state index is 13.0. The van der Waals surface area contributed by atoms with Crippen LogP contribution in [0.2, 0.25) is 0 Å². The summed E-state index contributed by atoms with van der Waals surface area (Å²) in [6.45, 7) is 1.49. The first-order chi connectivity index (χ1) is 12.5. The van der Waals surface area contributed by atoms with Crippen molar-refractivity contribution in [3.05, 3.63) is 0 Å². The molecule has 1 saturated heterocycles. The summed E-state index contributed by atoms with van der Waals surface area (Å²) >= 11 is 0. The van der Waals surface area contributed by atoms with Gasteiger partial charge in [-0.2, -0.15) is 0 Å². The predicted molar refractivity (Wildman–Crippen MR) is 99.3 cm³/mol. The van der Waals surface area contributed by atoms with Gasteiger partial charge in [0.1, 0.15) is 5.54 Å². The molecule has 5 heteroatoms. The summed E-state index contributed by atoms with van der Waals surface area (Å²) in [5, 5.41) is 3.04. The van der Waals surface area contributed by atoms with Crippen molar-refractivity contribution in [1.82, 2.24) is 15.1 Å². The smallest absolute Gasteiger partial charge is 0.323 e. The van der Waals surface area contributed by atoms with Crippen molar-refractivity contribution in [3.8, 4) is 0 Å². The van der Waals surface area contributed by atoms with Crippen molar-refractivity contribution in [2.24, 2.45) is 23.2 Å². The summed E-state index contributed by atoms with van der Waals surface area (Å²) in [5.41, 5.74) is -0.137. The quantitative estimate of drug-likeness (QED) is 0.783. The van der Waals surface area contributed by atoms with Gasteiger partial charge in [-0.05, 0) is 81.6 Å². The molecule has 1 heterocycles. The molecular weight excluding hydrogens is 326 g/mol. The largest absolute Gasteiger partial charge is 0.326 e. The zero-order valence-electron chi connectivity index (χ0n) is 16.1. The Morgan fingerprint density at radius 2 is 1.58 bits per heavy atom. The Morgan fingerprint density at radius 3 is 2.15 bits per heavy atom. The Balaban J connectivity index is 1.25. The van der Waals surface area contributed by atoms with E-state index in [1.165, 1.54) is 49.8 Å². The van der Waals surface area contributed by atoms with Gasteiger partial charge in [-0.1, -0.05) is 19.3 Å². The number of nitrogens with one attached hydrogen (secondary N) is 1. The Bertz CT molecular complexity index is 575. The van der Waals surface area contributed by atoms with E-state index in [1.807, 2.05) is 0 Å². The van der Waals surface area contributed by atoms with Crippen LogP contribution in [-0.4, -0.2) is 47.5 Å². The van der Waals surface area contributed by atoms with E-state index in [2.05, 4.69) is 17.3 Å². The van der Waals surface area contributed by atoms with Crippen molar-refractivity contribution in [1.29, 1.82) is 0 Å². The Labute approximate surface area is 156 Å². The number of urea groups is 1. The van der Waals surface area contributed by atoms with E-state index in [0.717, 1.165) is 50.0 Å². The number of hydrogen-bond donors (Lipinski definition) is 1. The van der Waals surface area contributed by atoms with Crippen LogP contribution in [0.15, 0.2) is 0 Å². The van der Waals surface area contributed by atoms with Gasteiger partial charge in [0.2, 0.25) is 0 Å². The fourth-order valence-corrected chi connectivity index (χ4v) is 7.65. The highest BCUT2D eigenvalue weighted by Crippen LogP contribution is 2.60. The van der Waals surface area contributed by atoms with E-state index < -0.39 is 5.54 Å². The van der Waals surface area contributed by atoms with Crippen molar-refractivity contribution >= 4 is 11.9 Å². The molecule has 1 N–H and O–H groups in total. The van der Waals surface area contributed by atoms with Crippen LogP contribution in [0.5, 0.6) is 0 Å². The fourth-order valence-electron chi connectivity index (χ4n) is 7.65. The van der Waals surface area contributed by atoms with E-state index in [9.17, 15) is 9.59 Å². The molecule has 0 unspecified atom stereocenters. The maximum absolute atomic E-state index is 13.0. The van der Waals surface area contributed by atoms with Crippen LogP contribution in [-0.2, 0) is 4.79 Å². The number of amides is 3. The minimum Gasteiger partial charge on any atom is -0.323 e. The van der Waals surface area contributed by atoms with Crippen molar-refractivity contribution in [3.63, 3.8) is 0 Å². The van der Waals surface area contributed by atoms with Crippen LogP contribution in [0.1, 0.15) is 70.6 Å². The van der Waals surface area contributed by atoms with Crippen LogP contribution in [0.25, 0.3) is 0 Å². The number of rotatable bonds is 4. The molecule has 6 fully saturated rings. The lowest BCUT2D eigenvalue weighted by atomic mass is 9.49. The highest BCUT2D eigenvalue weighted by Gasteiger charge is 2.53. The molecule has 1 aliphatic heterocycles. The SMILES string of the molecule is CN(CN1C(=O)NC2(CCCCC2)C1=O)CC12CC3CC(CC(C3)C1)C2. The minimum absolute atomic E-state index is 0.0274. The predicted octanol–water partition coefficient (Wildman–Crippen LogP) is 3.35. The number of hydrogen-bond acceptors (Lipinski definition) is 3. The molecule has 1 spiro atoms. The number of carbonyl (C=O) groups is 2. The van der Waals surface area contributed by atoms with Crippen molar-refractivity contribution in [2.45, 2.75) is 76.2 Å². The van der Waals surface area contributed by atoms with Gasteiger partial charge in [0.25, 0.3) is 5.91 Å². The first-order valence-electron chi connectivity index (χ1n) is 10.8. The summed E-state index contributed by atoms with van der Waals surface area (Å²) in [5.74, 6) is 2.85. The van der Waals surface area contributed by atoms with Gasteiger partial charge in [0.05, 0.1) is 6.67 Å². The van der Waals surface area contributed by atoms with Gasteiger partial charge in [-0.15, -0.1) is 0 Å². The highest BCUT2D eigenvalue weighted by molar-refractivity contribution is 6.07. The first-order valence-corrected chi connectivity index (χ1v) is 10.8. The molecule has 0 aromatic carbocycles. The van der Waals surface area contributed by atoms with Gasteiger partial charge in [-0.25, -0.2) is 9.69 Å². The van der Waals surface area contributed by atoms with E-state index in [0.29, 0.717) is 12.1 Å². The lowest BCUT2D eigenvalue weighted by Gasteiger charge is -2.57. The monoisotopic (exact) mass is 359 g/mol. The molecule has 6 rings (SSSR count). The fraction of sp³-hybridized carbons (Fsp3) is 0.905. The third-order valence-corrected chi connectivity index (χ3v) is 8.11. The summed E-state index contributed by atoms with van der Waals surface area (Å²) in [7, 11) is 2.10. The van der Waals surface area contributed by atoms with Gasteiger partial charge in [0.15, 0.2) is 0 Å². The minimum atomic E-state index is -0.586. The Hall–Kier alpha value is -1.10. The van der Waals surface area contributed by atoms with Gasteiger partial charge < -0.3 is 5.32 Å². The first kappa shape index (κ1) is 17.0.